The van der Waals surface area contributed by atoms with Crippen LogP contribution in [0.3, 0.4) is 0 Å². The maximum Gasteiger partial charge on any atom is 0.348 e. The average molecular weight is 343 g/mol. The summed E-state index contributed by atoms with van der Waals surface area (Å²) in [6.45, 7) is 0.503. The van der Waals surface area contributed by atoms with Crippen molar-refractivity contribution in [3.63, 3.8) is 0 Å². The van der Waals surface area contributed by atoms with Crippen LogP contribution in [0.5, 0.6) is 0 Å². The molecule has 6 nitrogen and oxygen atoms in total. The highest BCUT2D eigenvalue weighted by Gasteiger charge is 2.07. The molecule has 0 bridgehead atoms. The second-order valence-corrected chi connectivity index (χ2v) is 5.90. The smallest absolute Gasteiger partial charge is 0.341 e. The van der Waals surface area contributed by atoms with Gasteiger partial charge in [-0.05, 0) is 47.0 Å². The number of nitrogens with two attached hydrogens (primary N) is 1. The molecule has 128 valence electrons. The van der Waals surface area contributed by atoms with E-state index in [1.54, 1.807) is 6.20 Å². The number of pyridine rings is 1. The monoisotopic (exact) mass is 343 g/mol. The lowest BCUT2D eigenvalue weighted by atomic mass is 10.0. The Kier molecular flexibility index (Phi) is 4.17. The molecular weight excluding hydrogens is 326 g/mol. The van der Waals surface area contributed by atoms with Crippen LogP contribution in [0.25, 0.3) is 22.2 Å². The van der Waals surface area contributed by atoms with Gasteiger partial charge in [0.2, 0.25) is 0 Å². The molecule has 0 radical (unpaired) electrons. The lowest BCUT2D eigenvalue weighted by molar-refractivity contribution is 1.07. The predicted octanol–water partition coefficient (Wildman–Crippen LogP) is 3.19. The number of aromatic amines is 1. The van der Waals surface area contributed by atoms with Crippen LogP contribution >= 0.6 is 0 Å². The highest BCUT2D eigenvalue weighted by atomic mass is 16.1. The molecule has 4 rings (SSSR count). The van der Waals surface area contributed by atoms with Crippen LogP contribution in [0.4, 0.5) is 11.5 Å². The molecule has 0 fully saturated rings. The van der Waals surface area contributed by atoms with E-state index in [1.165, 1.54) is 0 Å². The Labute approximate surface area is 149 Å². The van der Waals surface area contributed by atoms with Gasteiger partial charge in [0.15, 0.2) is 5.65 Å². The molecule has 0 saturated heterocycles. The molecule has 0 atom stereocenters. The van der Waals surface area contributed by atoms with Gasteiger partial charge in [-0.3, -0.25) is 4.98 Å². The third-order valence-corrected chi connectivity index (χ3v) is 4.12. The minimum Gasteiger partial charge on any atom is -0.341 e. The zero-order chi connectivity index (χ0) is 17.9. The van der Waals surface area contributed by atoms with E-state index in [9.17, 15) is 4.79 Å². The van der Waals surface area contributed by atoms with Gasteiger partial charge in [0.05, 0.1) is 5.39 Å². The van der Waals surface area contributed by atoms with E-state index in [0.29, 0.717) is 18.0 Å². The van der Waals surface area contributed by atoms with Gasteiger partial charge < -0.3 is 11.1 Å². The molecule has 4 N–H and O–H groups in total. The van der Waals surface area contributed by atoms with Gasteiger partial charge in [-0.25, -0.2) is 9.78 Å². The number of nitrogens with one attached hydrogen (secondary N) is 2. The SMILES string of the molecule is NCc1cccc(-c2cccc(Nc3[nH]c(=O)nc4ncccc34)c2)c1. The van der Waals surface area contributed by atoms with Crippen LogP contribution in [-0.2, 0) is 6.54 Å². The topological polar surface area (TPSA) is 96.7 Å². The van der Waals surface area contributed by atoms with Crippen LogP contribution in [0.2, 0.25) is 0 Å². The Morgan fingerprint density at radius 2 is 1.81 bits per heavy atom. The molecule has 26 heavy (non-hydrogen) atoms. The van der Waals surface area contributed by atoms with Crippen LogP contribution in [0, 0.1) is 0 Å². The minimum absolute atomic E-state index is 0.408. The summed E-state index contributed by atoms with van der Waals surface area (Å²) in [6.07, 6.45) is 1.61. The lowest BCUT2D eigenvalue weighted by Gasteiger charge is -2.11. The van der Waals surface area contributed by atoms with Crippen molar-refractivity contribution in [2.75, 3.05) is 5.32 Å². The summed E-state index contributed by atoms with van der Waals surface area (Å²) in [5, 5.41) is 4.02. The molecule has 2 aromatic heterocycles. The summed E-state index contributed by atoms with van der Waals surface area (Å²) in [7, 11) is 0. The summed E-state index contributed by atoms with van der Waals surface area (Å²) in [5.74, 6) is 0.570. The molecule has 0 aliphatic rings. The van der Waals surface area contributed by atoms with Gasteiger partial charge >= 0.3 is 5.69 Å². The second-order valence-electron chi connectivity index (χ2n) is 5.90. The zero-order valence-electron chi connectivity index (χ0n) is 13.9. The molecule has 4 aromatic rings. The fraction of sp³-hybridized carbons (Fsp3) is 0.0500. The van der Waals surface area contributed by atoms with Crippen molar-refractivity contribution in [1.82, 2.24) is 15.0 Å². The highest BCUT2D eigenvalue weighted by Crippen LogP contribution is 2.26. The number of anilines is 2. The van der Waals surface area contributed by atoms with Gasteiger partial charge in [-0.1, -0.05) is 30.3 Å². The normalized spacial score (nSPS) is 10.8. The van der Waals surface area contributed by atoms with Crippen molar-refractivity contribution >= 4 is 22.5 Å². The van der Waals surface area contributed by atoms with Crippen molar-refractivity contribution < 1.29 is 0 Å². The number of nitrogens with zero attached hydrogens (tertiary/aromatic N) is 2. The Morgan fingerprint density at radius 3 is 2.65 bits per heavy atom. The molecule has 2 aromatic carbocycles. The van der Waals surface area contributed by atoms with E-state index in [2.05, 4.69) is 26.3 Å². The maximum atomic E-state index is 11.8. The Balaban J connectivity index is 1.73. The number of hydrogen-bond donors (Lipinski definition) is 3. The largest absolute Gasteiger partial charge is 0.348 e. The third-order valence-electron chi connectivity index (χ3n) is 4.12. The first kappa shape index (κ1) is 16.0. The zero-order valence-corrected chi connectivity index (χ0v) is 13.9. The molecule has 0 aliphatic carbocycles. The van der Waals surface area contributed by atoms with Crippen LogP contribution in [-0.4, -0.2) is 15.0 Å². The van der Waals surface area contributed by atoms with E-state index in [0.717, 1.165) is 27.8 Å². The molecule has 0 amide bonds. The Hall–Kier alpha value is -3.51. The summed E-state index contributed by atoms with van der Waals surface area (Å²) >= 11 is 0. The molecule has 0 saturated carbocycles. The van der Waals surface area contributed by atoms with E-state index in [-0.39, 0.29) is 0 Å². The van der Waals surface area contributed by atoms with Crippen molar-refractivity contribution in [1.29, 1.82) is 0 Å². The minimum atomic E-state index is -0.439. The summed E-state index contributed by atoms with van der Waals surface area (Å²) < 4.78 is 0. The van der Waals surface area contributed by atoms with Gasteiger partial charge in [-0.2, -0.15) is 4.98 Å². The molecule has 0 unspecified atom stereocenters. The third kappa shape index (κ3) is 3.18. The predicted molar refractivity (Wildman–Crippen MR) is 103 cm³/mol. The lowest BCUT2D eigenvalue weighted by Crippen LogP contribution is -2.13. The average Bonchev–Trinajstić information content (AvgIpc) is 2.68. The van der Waals surface area contributed by atoms with Crippen molar-refractivity contribution in [3.8, 4) is 11.1 Å². The van der Waals surface area contributed by atoms with Gasteiger partial charge in [0, 0.05) is 18.4 Å². The summed E-state index contributed by atoms with van der Waals surface area (Å²) in [4.78, 5) is 22.6. The molecule has 0 spiro atoms. The first-order chi connectivity index (χ1) is 12.7. The van der Waals surface area contributed by atoms with E-state index in [1.807, 2.05) is 54.6 Å². The first-order valence-corrected chi connectivity index (χ1v) is 8.24. The maximum absolute atomic E-state index is 11.8. The molecule has 6 heteroatoms. The van der Waals surface area contributed by atoms with Gasteiger partial charge in [0.25, 0.3) is 0 Å². The Bertz CT molecular complexity index is 1140. The highest BCUT2D eigenvalue weighted by molar-refractivity contribution is 5.88. The van der Waals surface area contributed by atoms with Crippen molar-refractivity contribution in [2.45, 2.75) is 6.54 Å². The summed E-state index contributed by atoms with van der Waals surface area (Å²) in [5.41, 5.74) is 9.79. The number of rotatable bonds is 4. The van der Waals surface area contributed by atoms with Crippen molar-refractivity contribution in [2.24, 2.45) is 5.73 Å². The number of fused-ring (bicyclic) bond motifs is 1. The molecule has 2 heterocycles. The van der Waals surface area contributed by atoms with E-state index in [4.69, 9.17) is 5.73 Å². The Morgan fingerprint density at radius 1 is 1.00 bits per heavy atom. The standard InChI is InChI=1S/C20H17N5O/c21-12-13-4-1-5-14(10-13)15-6-2-7-16(11-15)23-19-17-8-3-9-22-18(17)24-20(26)25-19/h1-11H,12,21H2,(H2,22,23,24,25,26). The molecule has 0 aliphatic heterocycles. The van der Waals surface area contributed by atoms with Crippen LogP contribution in [0.15, 0.2) is 71.7 Å². The second kappa shape index (κ2) is 6.78. The van der Waals surface area contributed by atoms with E-state index >= 15 is 0 Å². The summed E-state index contributed by atoms with van der Waals surface area (Å²) in [6, 6.07) is 19.8. The van der Waals surface area contributed by atoms with Crippen LogP contribution < -0.4 is 16.7 Å². The van der Waals surface area contributed by atoms with Crippen molar-refractivity contribution in [3.05, 3.63) is 82.9 Å². The van der Waals surface area contributed by atoms with Gasteiger partial charge in [-0.15, -0.1) is 0 Å². The number of H-pyrrole nitrogens is 1. The molecular formula is C20H17N5O. The number of aromatic nitrogens is 3. The first-order valence-electron chi connectivity index (χ1n) is 8.24. The van der Waals surface area contributed by atoms with Crippen LogP contribution in [0.1, 0.15) is 5.56 Å². The quantitative estimate of drug-likeness (QED) is 0.529. The van der Waals surface area contributed by atoms with Gasteiger partial charge in [0.1, 0.15) is 5.82 Å². The number of benzene rings is 2. The fourth-order valence-corrected chi connectivity index (χ4v) is 2.88. The van der Waals surface area contributed by atoms with E-state index < -0.39 is 5.69 Å². The fourth-order valence-electron chi connectivity index (χ4n) is 2.88. The number of hydrogen-bond acceptors (Lipinski definition) is 5.